The summed E-state index contributed by atoms with van der Waals surface area (Å²) < 4.78 is 3.44. The molecule has 0 radical (unpaired) electrons. The van der Waals surface area contributed by atoms with E-state index in [9.17, 15) is 0 Å². The Morgan fingerprint density at radius 2 is 1.42 bits per heavy atom. The summed E-state index contributed by atoms with van der Waals surface area (Å²) in [4.78, 5) is 0. The van der Waals surface area contributed by atoms with Crippen molar-refractivity contribution in [2.75, 3.05) is 0 Å². The van der Waals surface area contributed by atoms with Gasteiger partial charge in [0, 0.05) is 0 Å². The first-order chi connectivity index (χ1) is 5.34. The predicted molar refractivity (Wildman–Crippen MR) is 56.3 cm³/mol. The van der Waals surface area contributed by atoms with Gasteiger partial charge in [-0.05, 0) is 0 Å². The molecular weight excluding hydrogens is 260 g/mol. The molecule has 12 heavy (non-hydrogen) atoms. The van der Waals surface area contributed by atoms with Crippen LogP contribution in [0.1, 0.15) is 39.1 Å². The quantitative estimate of drug-likeness (QED) is 0.640. The van der Waals surface area contributed by atoms with Crippen molar-refractivity contribution in [3.8, 4) is 0 Å². The second-order valence-electron chi connectivity index (χ2n) is 4.49. The first kappa shape index (κ1) is 10.4. The minimum absolute atomic E-state index is 0.0220. The molecule has 1 aromatic heterocycles. The van der Waals surface area contributed by atoms with Crippen LogP contribution in [0.3, 0.4) is 0 Å². The van der Waals surface area contributed by atoms with Crippen molar-refractivity contribution in [3.05, 3.63) is 18.3 Å². The molecule has 68 valence electrons. The van der Waals surface area contributed by atoms with Gasteiger partial charge in [-0.3, -0.25) is 0 Å². The molecule has 0 unspecified atom stereocenters. The third-order valence-electron chi connectivity index (χ3n) is 2.37. The second kappa shape index (κ2) is 3.20. The van der Waals surface area contributed by atoms with Gasteiger partial charge in [-0.1, -0.05) is 0 Å². The van der Waals surface area contributed by atoms with Crippen LogP contribution in [0, 0.1) is 20.8 Å². The standard InChI is InChI=1S/C11H18Te/c1-7-8(2)10(11(4,5)6)12-9(7)3/h1-6H3. The normalized spacial score (nSPS) is 12.2. The molecule has 0 atom stereocenters. The summed E-state index contributed by atoms with van der Waals surface area (Å²) in [6.07, 6.45) is 0. The monoisotopic (exact) mass is 280 g/mol. The van der Waals surface area contributed by atoms with E-state index in [1.54, 1.807) is 18.3 Å². The molecule has 1 heterocycles. The molecular formula is C11H18Te. The van der Waals surface area contributed by atoms with Crippen LogP contribution in [0.15, 0.2) is 0 Å². The zero-order valence-corrected chi connectivity index (χ0v) is 11.2. The molecule has 0 nitrogen and oxygen atoms in total. The maximum absolute atomic E-state index is 2.34. The zero-order valence-electron chi connectivity index (χ0n) is 8.91. The van der Waals surface area contributed by atoms with Gasteiger partial charge >= 0.3 is 85.7 Å². The Labute approximate surface area is 85.6 Å². The van der Waals surface area contributed by atoms with E-state index in [2.05, 4.69) is 41.5 Å². The molecule has 0 aromatic carbocycles. The van der Waals surface area contributed by atoms with E-state index >= 15 is 0 Å². The molecule has 0 aliphatic carbocycles. The van der Waals surface area contributed by atoms with Crippen molar-refractivity contribution in [2.24, 2.45) is 0 Å². The maximum atomic E-state index is 2.34. The molecule has 0 saturated heterocycles. The van der Waals surface area contributed by atoms with E-state index < -0.39 is 0 Å². The zero-order chi connectivity index (χ0) is 9.52. The van der Waals surface area contributed by atoms with Gasteiger partial charge in [0.2, 0.25) is 0 Å². The molecule has 0 N–H and O–H groups in total. The summed E-state index contributed by atoms with van der Waals surface area (Å²) >= 11 is 0.0220. The molecule has 1 rings (SSSR count). The molecule has 0 aliphatic rings. The molecule has 1 heteroatoms. The Bertz CT molecular complexity index is 287. The molecule has 1 aromatic rings. The van der Waals surface area contributed by atoms with Crippen LogP contribution in [-0.2, 0) is 5.41 Å². The molecule has 0 bridgehead atoms. The summed E-state index contributed by atoms with van der Waals surface area (Å²) in [6, 6.07) is 0. The average molecular weight is 278 g/mol. The fourth-order valence-corrected chi connectivity index (χ4v) is 4.95. The van der Waals surface area contributed by atoms with Crippen LogP contribution in [0.5, 0.6) is 0 Å². The van der Waals surface area contributed by atoms with Gasteiger partial charge in [0.25, 0.3) is 0 Å². The Hall–Kier alpha value is 0.270. The summed E-state index contributed by atoms with van der Waals surface area (Å²) in [7, 11) is 0. The van der Waals surface area contributed by atoms with Gasteiger partial charge in [-0.2, -0.15) is 0 Å². The van der Waals surface area contributed by atoms with E-state index in [1.807, 2.05) is 0 Å². The van der Waals surface area contributed by atoms with Crippen molar-refractivity contribution < 1.29 is 0 Å². The molecule has 0 saturated carbocycles. The third kappa shape index (κ3) is 1.78. The van der Waals surface area contributed by atoms with E-state index in [1.165, 1.54) is 0 Å². The number of hydrogen-bond donors (Lipinski definition) is 0. The van der Waals surface area contributed by atoms with Crippen LogP contribution in [0.2, 0.25) is 0 Å². The van der Waals surface area contributed by atoms with E-state index in [-0.39, 0.29) is 20.4 Å². The van der Waals surface area contributed by atoms with Crippen molar-refractivity contribution in [1.29, 1.82) is 0 Å². The van der Waals surface area contributed by atoms with Crippen molar-refractivity contribution in [3.63, 3.8) is 0 Å². The Kier molecular flexibility index (Phi) is 2.76. The Morgan fingerprint density at radius 3 is 1.58 bits per heavy atom. The summed E-state index contributed by atoms with van der Waals surface area (Å²) in [5.74, 6) is 0. The van der Waals surface area contributed by atoms with Crippen LogP contribution < -0.4 is 0 Å². The number of rotatable bonds is 0. The average Bonchev–Trinajstić information content (AvgIpc) is 2.15. The van der Waals surface area contributed by atoms with Gasteiger partial charge in [-0.25, -0.2) is 0 Å². The summed E-state index contributed by atoms with van der Waals surface area (Å²) in [5, 5.41) is 0. The van der Waals surface area contributed by atoms with Gasteiger partial charge in [0.05, 0.1) is 0 Å². The van der Waals surface area contributed by atoms with Crippen molar-refractivity contribution in [1.82, 2.24) is 0 Å². The van der Waals surface area contributed by atoms with Gasteiger partial charge in [0.15, 0.2) is 0 Å². The minimum atomic E-state index is 0.0220. The molecule has 0 aliphatic heterocycles. The van der Waals surface area contributed by atoms with Crippen LogP contribution >= 0.6 is 0 Å². The fourth-order valence-electron chi connectivity index (χ4n) is 1.46. The fraction of sp³-hybridized carbons (Fsp3) is 0.636. The topological polar surface area (TPSA) is 0 Å². The van der Waals surface area contributed by atoms with Crippen LogP contribution in [0.25, 0.3) is 0 Å². The van der Waals surface area contributed by atoms with E-state index in [4.69, 9.17) is 0 Å². The van der Waals surface area contributed by atoms with Crippen LogP contribution in [0.4, 0.5) is 0 Å². The number of aryl methyl sites for hydroxylation is 1. The third-order valence-corrected chi connectivity index (χ3v) is 7.32. The van der Waals surface area contributed by atoms with Crippen molar-refractivity contribution in [2.45, 2.75) is 47.0 Å². The Morgan fingerprint density at radius 1 is 0.917 bits per heavy atom. The molecule has 0 amide bonds. The SMILES string of the molecule is Cc1[te]c(C(C)(C)C)c(C)c1C. The van der Waals surface area contributed by atoms with E-state index in [0.29, 0.717) is 5.41 Å². The Balaban J connectivity index is 3.28. The number of hydrogen-bond acceptors (Lipinski definition) is 0. The summed E-state index contributed by atoms with van der Waals surface area (Å²) in [5.41, 5.74) is 3.57. The summed E-state index contributed by atoms with van der Waals surface area (Å²) in [6.45, 7) is 13.9. The molecule has 0 fully saturated rings. The van der Waals surface area contributed by atoms with Gasteiger partial charge in [-0.15, -0.1) is 0 Å². The van der Waals surface area contributed by atoms with Crippen molar-refractivity contribution >= 4 is 20.4 Å². The van der Waals surface area contributed by atoms with Gasteiger partial charge in [0.1, 0.15) is 0 Å². The predicted octanol–water partition coefficient (Wildman–Crippen LogP) is 2.97. The first-order valence-corrected chi connectivity index (χ1v) is 6.74. The van der Waals surface area contributed by atoms with E-state index in [0.717, 1.165) is 0 Å². The van der Waals surface area contributed by atoms with Gasteiger partial charge < -0.3 is 0 Å². The van der Waals surface area contributed by atoms with Crippen LogP contribution in [-0.4, -0.2) is 20.4 Å². The first-order valence-electron chi connectivity index (χ1n) is 4.41. The molecule has 0 spiro atoms. The second-order valence-corrected chi connectivity index (χ2v) is 7.98.